The molecule has 1 spiro atoms. The summed E-state index contributed by atoms with van der Waals surface area (Å²) < 4.78 is 16.2. The smallest absolute Gasteiger partial charge is 0.236 e. The topological polar surface area (TPSA) is 84.2 Å². The highest BCUT2D eigenvalue weighted by atomic mass is 16.2. The number of primary amides is 1. The first-order valence-electron chi connectivity index (χ1n) is 6.36. The maximum atomic E-state index is 12.3. The van der Waals surface area contributed by atoms with Crippen LogP contribution in [0.15, 0.2) is 24.3 Å². The lowest BCUT2D eigenvalue weighted by atomic mass is 9.79. The van der Waals surface area contributed by atoms with Gasteiger partial charge in [0.05, 0.1) is 11.5 Å². The first-order chi connectivity index (χ1) is 8.88. The van der Waals surface area contributed by atoms with Gasteiger partial charge in [-0.25, -0.2) is 0 Å². The molecule has 5 heteroatoms. The summed E-state index contributed by atoms with van der Waals surface area (Å²) in [5.41, 5.74) is 4.99. The van der Waals surface area contributed by atoms with Crippen LogP contribution >= 0.6 is 0 Å². The van der Waals surface area contributed by atoms with Gasteiger partial charge in [-0.3, -0.25) is 9.59 Å². The van der Waals surface area contributed by atoms with Crippen molar-refractivity contribution in [3.05, 3.63) is 29.8 Å². The number of para-hydroxylation sites is 1. The van der Waals surface area contributed by atoms with Crippen molar-refractivity contribution in [2.75, 3.05) is 11.8 Å². The van der Waals surface area contributed by atoms with E-state index in [1.54, 1.807) is 24.3 Å². The van der Waals surface area contributed by atoms with Crippen molar-refractivity contribution in [2.45, 2.75) is 17.9 Å². The van der Waals surface area contributed by atoms with Gasteiger partial charge < -0.3 is 16.4 Å². The molecule has 0 unspecified atom stereocenters. The second kappa shape index (κ2) is 3.30. The first-order valence-corrected chi connectivity index (χ1v) is 5.36. The van der Waals surface area contributed by atoms with Crippen LogP contribution in [0.1, 0.15) is 14.7 Å². The third kappa shape index (κ3) is 1.29. The van der Waals surface area contributed by atoms with E-state index in [4.69, 9.17) is 8.48 Å². The van der Waals surface area contributed by atoms with Gasteiger partial charge in [-0.1, -0.05) is 18.2 Å². The van der Waals surface area contributed by atoms with E-state index in [0.717, 1.165) is 0 Å². The van der Waals surface area contributed by atoms with E-state index in [9.17, 15) is 9.59 Å². The molecule has 2 aliphatic heterocycles. The average Bonchev–Trinajstić information content (AvgIpc) is 2.78. The van der Waals surface area contributed by atoms with Crippen molar-refractivity contribution >= 4 is 17.5 Å². The number of nitrogens with one attached hydrogen (secondary N) is 2. The number of hydrogen-bond acceptors (Lipinski definition) is 3. The van der Waals surface area contributed by atoms with E-state index in [2.05, 4.69) is 10.6 Å². The molecule has 0 bridgehead atoms. The molecule has 17 heavy (non-hydrogen) atoms. The lowest BCUT2D eigenvalue weighted by molar-refractivity contribution is -0.120. The molecular formula is C12H13N3O2. The Balaban J connectivity index is 2.18. The normalized spacial score (nSPS) is 35.1. The van der Waals surface area contributed by atoms with Crippen LogP contribution in [0.4, 0.5) is 5.69 Å². The van der Waals surface area contributed by atoms with Gasteiger partial charge in [-0.2, -0.15) is 0 Å². The minimum absolute atomic E-state index is 0.0260. The van der Waals surface area contributed by atoms with Gasteiger partial charge in [0.25, 0.3) is 0 Å². The zero-order chi connectivity index (χ0) is 13.8. The molecule has 0 aromatic heterocycles. The molecule has 1 aromatic rings. The third-order valence-electron chi connectivity index (χ3n) is 3.34. The number of carbonyl (C=O) groups is 2. The van der Waals surface area contributed by atoms with E-state index >= 15 is 0 Å². The first kappa shape index (κ1) is 8.25. The molecule has 0 aliphatic carbocycles. The van der Waals surface area contributed by atoms with Crippen LogP contribution in [0.3, 0.4) is 0 Å². The average molecular weight is 233 g/mol. The summed E-state index contributed by atoms with van der Waals surface area (Å²) in [4.78, 5) is 23.6. The Bertz CT molecular complexity index is 590. The molecule has 1 aromatic carbocycles. The molecule has 2 atom stereocenters. The number of hydrogen-bond donors (Lipinski definition) is 3. The Morgan fingerprint density at radius 2 is 2.29 bits per heavy atom. The molecular weight excluding hydrogens is 218 g/mol. The van der Waals surface area contributed by atoms with Gasteiger partial charge in [0.2, 0.25) is 11.8 Å². The lowest BCUT2D eigenvalue weighted by Crippen LogP contribution is -2.36. The Kier molecular flexibility index (Phi) is 1.60. The highest BCUT2D eigenvalue weighted by molar-refractivity contribution is 6.07. The number of rotatable bonds is 1. The minimum atomic E-state index is -2.02. The van der Waals surface area contributed by atoms with Crippen LogP contribution in [-0.2, 0) is 15.0 Å². The lowest BCUT2D eigenvalue weighted by Gasteiger charge is -2.19. The molecule has 2 amide bonds. The van der Waals surface area contributed by atoms with Crippen LogP contribution in [0.2, 0.25) is 0 Å². The van der Waals surface area contributed by atoms with Crippen molar-refractivity contribution in [1.82, 2.24) is 5.32 Å². The minimum Gasteiger partial charge on any atom is -0.368 e. The van der Waals surface area contributed by atoms with Gasteiger partial charge in [0.15, 0.2) is 0 Å². The second-order valence-electron chi connectivity index (χ2n) is 4.33. The summed E-state index contributed by atoms with van der Waals surface area (Å²) in [7, 11) is 0. The van der Waals surface area contributed by atoms with Crippen LogP contribution in [0.25, 0.3) is 0 Å². The fourth-order valence-electron chi connectivity index (χ4n) is 2.43. The van der Waals surface area contributed by atoms with Crippen molar-refractivity contribution in [1.29, 1.82) is 0 Å². The highest BCUT2D eigenvalue weighted by Crippen LogP contribution is 2.43. The number of benzene rings is 1. The highest BCUT2D eigenvalue weighted by Gasteiger charge is 2.52. The Morgan fingerprint density at radius 1 is 1.53 bits per heavy atom. The van der Waals surface area contributed by atoms with Crippen molar-refractivity contribution in [2.24, 2.45) is 5.73 Å². The van der Waals surface area contributed by atoms with E-state index in [1.165, 1.54) is 0 Å². The van der Waals surface area contributed by atoms with Gasteiger partial charge >= 0.3 is 0 Å². The van der Waals surface area contributed by atoms with Crippen LogP contribution in [-0.4, -0.2) is 24.4 Å². The van der Waals surface area contributed by atoms with Gasteiger partial charge in [0, 0.05) is 14.9 Å². The molecule has 4 N–H and O–H groups in total. The summed E-state index contributed by atoms with van der Waals surface area (Å²) in [6.45, 7) is -2.02. The molecule has 2 heterocycles. The molecule has 5 nitrogen and oxygen atoms in total. The zero-order valence-corrected chi connectivity index (χ0v) is 8.99. The van der Waals surface area contributed by atoms with Gasteiger partial charge in [-0.05, 0) is 18.1 Å². The molecule has 0 radical (unpaired) electrons. The second-order valence-corrected chi connectivity index (χ2v) is 4.33. The predicted molar refractivity (Wildman–Crippen MR) is 62.4 cm³/mol. The van der Waals surface area contributed by atoms with Crippen LogP contribution in [0, 0.1) is 0 Å². The van der Waals surface area contributed by atoms with Gasteiger partial charge in [0.1, 0.15) is 0 Å². The van der Waals surface area contributed by atoms with E-state index in [-0.39, 0.29) is 6.42 Å². The number of anilines is 1. The molecule has 3 rings (SSSR count). The van der Waals surface area contributed by atoms with E-state index in [1.807, 2.05) is 0 Å². The fourth-order valence-corrected chi connectivity index (χ4v) is 2.43. The largest absolute Gasteiger partial charge is 0.368 e. The molecule has 2 aliphatic rings. The van der Waals surface area contributed by atoms with Crippen LogP contribution in [0.5, 0.6) is 0 Å². The predicted octanol–water partition coefficient (Wildman–Crippen LogP) is -0.276. The fraction of sp³-hybridized carbons (Fsp3) is 0.333. The quantitative estimate of drug-likeness (QED) is 0.624. The molecule has 88 valence electrons. The van der Waals surface area contributed by atoms with E-state index < -0.39 is 29.8 Å². The maximum absolute atomic E-state index is 12.3. The van der Waals surface area contributed by atoms with Crippen molar-refractivity contribution < 1.29 is 12.3 Å². The maximum Gasteiger partial charge on any atom is 0.236 e. The Labute approximate surface area is 101 Å². The number of amides is 2. The SMILES string of the molecule is [2H]C1([2H])N[C@H](C(N)=O)C[C@]12C(=O)Nc1ccccc12. The third-order valence-corrected chi connectivity index (χ3v) is 3.34. The van der Waals surface area contributed by atoms with Gasteiger partial charge in [-0.15, -0.1) is 0 Å². The summed E-state index contributed by atoms with van der Waals surface area (Å²) in [6, 6.07) is 6.08. The van der Waals surface area contributed by atoms with Crippen molar-refractivity contribution in [3.63, 3.8) is 0 Å². The monoisotopic (exact) mass is 233 g/mol. The van der Waals surface area contributed by atoms with E-state index in [0.29, 0.717) is 11.3 Å². The number of fused-ring (bicyclic) bond motifs is 2. The summed E-state index contributed by atoms with van der Waals surface area (Å²) in [6.07, 6.45) is 0.0260. The standard InChI is InChI=1S/C12H13N3O2/c13-10(16)9-5-12(6-14-9)7-3-1-2-4-8(7)15-11(12)17/h1-4,9,14H,5-6H2,(H2,13,16)(H,15,17)/t9-,12-/m0/s1/i6D2. The summed E-state index contributed by atoms with van der Waals surface area (Å²) in [5, 5.41) is 5.21. The Morgan fingerprint density at radius 3 is 3.00 bits per heavy atom. The van der Waals surface area contributed by atoms with Crippen molar-refractivity contribution in [3.8, 4) is 0 Å². The molecule has 1 saturated heterocycles. The Hall–Kier alpha value is -1.88. The summed E-state index contributed by atoms with van der Waals surface area (Å²) in [5.74, 6) is -1.09. The zero-order valence-electron chi connectivity index (χ0n) is 11.0. The number of nitrogens with two attached hydrogens (primary N) is 1. The van der Waals surface area contributed by atoms with Crippen LogP contribution < -0.4 is 16.4 Å². The number of carbonyl (C=O) groups excluding carboxylic acids is 2. The summed E-state index contributed by atoms with van der Waals surface area (Å²) >= 11 is 0. The molecule has 0 saturated carbocycles. The molecule has 1 fully saturated rings.